The maximum atomic E-state index is 13.4. The Morgan fingerprint density at radius 3 is 2.19 bits per heavy atom. The molecule has 2 rings (SSSR count). The van der Waals surface area contributed by atoms with E-state index in [-0.39, 0.29) is 17.7 Å². The van der Waals surface area contributed by atoms with Crippen LogP contribution in [-0.2, 0) is 33.1 Å². The van der Waals surface area contributed by atoms with Crippen LogP contribution >= 0.6 is 0 Å². The number of carbonyl (C=O) groups is 1. The first-order chi connectivity index (χ1) is 12.1. The number of amides is 1. The first kappa shape index (κ1) is 19.9. The summed E-state index contributed by atoms with van der Waals surface area (Å²) in [7, 11) is -3.88. The Balaban J connectivity index is 1.93. The van der Waals surface area contributed by atoms with Crippen LogP contribution in [0.15, 0.2) is 48.5 Å². The molecule has 140 valence electrons. The van der Waals surface area contributed by atoms with E-state index in [1.807, 2.05) is 0 Å². The molecule has 0 saturated heterocycles. The fourth-order valence-corrected chi connectivity index (χ4v) is 3.49. The molecule has 1 amide bonds. The second-order valence-electron chi connectivity index (χ2n) is 5.60. The van der Waals surface area contributed by atoms with E-state index >= 15 is 0 Å². The maximum Gasteiger partial charge on any atom is 0.416 e. The average molecular weight is 389 g/mol. The third kappa shape index (κ3) is 5.83. The van der Waals surface area contributed by atoms with Crippen molar-refractivity contribution in [3.63, 3.8) is 0 Å². The molecule has 0 aliphatic heterocycles. The predicted molar refractivity (Wildman–Crippen MR) is 87.2 cm³/mol. The van der Waals surface area contributed by atoms with E-state index in [9.17, 15) is 30.8 Å². The zero-order chi connectivity index (χ0) is 19.4. The van der Waals surface area contributed by atoms with Gasteiger partial charge in [0.25, 0.3) is 0 Å². The van der Waals surface area contributed by atoms with Crippen molar-refractivity contribution in [1.82, 2.24) is 5.32 Å². The Kier molecular flexibility index (Phi) is 6.01. The summed E-state index contributed by atoms with van der Waals surface area (Å²) in [5.41, 5.74) is -0.540. The molecule has 0 heterocycles. The summed E-state index contributed by atoms with van der Waals surface area (Å²) in [6, 6.07) is 9.39. The van der Waals surface area contributed by atoms with Gasteiger partial charge in [-0.25, -0.2) is 12.8 Å². The van der Waals surface area contributed by atoms with Crippen LogP contribution < -0.4 is 5.32 Å². The predicted octanol–water partition coefficient (Wildman–Crippen LogP) is 3.08. The topological polar surface area (TPSA) is 63.2 Å². The number of alkyl halides is 3. The summed E-state index contributed by atoms with van der Waals surface area (Å²) < 4.78 is 74.9. The normalized spacial score (nSPS) is 12.0. The molecule has 1 N–H and O–H groups in total. The van der Waals surface area contributed by atoms with Gasteiger partial charge in [0.15, 0.2) is 9.84 Å². The van der Waals surface area contributed by atoms with Crippen molar-refractivity contribution in [2.75, 3.05) is 5.75 Å². The molecule has 2 aromatic rings. The summed E-state index contributed by atoms with van der Waals surface area (Å²) in [5.74, 6) is -2.76. The second kappa shape index (κ2) is 7.86. The van der Waals surface area contributed by atoms with Gasteiger partial charge in [-0.05, 0) is 23.8 Å². The number of nitrogens with one attached hydrogen (secondary N) is 1. The third-order valence-electron chi connectivity index (χ3n) is 3.45. The minimum atomic E-state index is -4.51. The first-order valence-electron chi connectivity index (χ1n) is 7.43. The fraction of sp³-hybridized carbons (Fsp3) is 0.235. The van der Waals surface area contributed by atoms with Gasteiger partial charge < -0.3 is 5.32 Å². The molecule has 26 heavy (non-hydrogen) atoms. The summed E-state index contributed by atoms with van der Waals surface area (Å²) in [4.78, 5) is 11.8. The molecular formula is C17H15F4NO3S. The Hall–Kier alpha value is -2.42. The molecule has 0 aliphatic rings. The quantitative estimate of drug-likeness (QED) is 0.773. The van der Waals surface area contributed by atoms with Crippen LogP contribution in [0.5, 0.6) is 0 Å². The highest BCUT2D eigenvalue weighted by Gasteiger charge is 2.30. The van der Waals surface area contributed by atoms with Gasteiger partial charge in [0.2, 0.25) is 5.91 Å². The lowest BCUT2D eigenvalue weighted by Gasteiger charge is -2.09. The second-order valence-corrected chi connectivity index (χ2v) is 7.66. The molecular weight excluding hydrogens is 374 g/mol. The largest absolute Gasteiger partial charge is 0.416 e. The van der Waals surface area contributed by atoms with E-state index in [0.29, 0.717) is 0 Å². The van der Waals surface area contributed by atoms with Gasteiger partial charge in [-0.1, -0.05) is 30.3 Å². The van der Waals surface area contributed by atoms with Gasteiger partial charge in [-0.2, -0.15) is 13.2 Å². The Morgan fingerprint density at radius 1 is 1.00 bits per heavy atom. The van der Waals surface area contributed by atoms with Gasteiger partial charge >= 0.3 is 6.18 Å². The van der Waals surface area contributed by atoms with E-state index in [1.165, 1.54) is 18.2 Å². The first-order valence-corrected chi connectivity index (χ1v) is 9.26. The Morgan fingerprint density at radius 2 is 1.62 bits per heavy atom. The van der Waals surface area contributed by atoms with Crippen LogP contribution in [0.3, 0.4) is 0 Å². The van der Waals surface area contributed by atoms with E-state index < -0.39 is 44.8 Å². The van der Waals surface area contributed by atoms with E-state index in [1.54, 1.807) is 6.07 Å². The number of hydrogen-bond donors (Lipinski definition) is 1. The minimum absolute atomic E-state index is 0.139. The van der Waals surface area contributed by atoms with Crippen molar-refractivity contribution in [2.45, 2.75) is 18.5 Å². The highest BCUT2D eigenvalue weighted by molar-refractivity contribution is 7.91. The zero-order valence-electron chi connectivity index (χ0n) is 13.4. The molecule has 0 fully saturated rings. The fourth-order valence-electron chi connectivity index (χ4n) is 2.18. The highest BCUT2D eigenvalue weighted by atomic mass is 32.2. The van der Waals surface area contributed by atoms with E-state index in [2.05, 4.69) is 5.32 Å². The molecule has 9 heteroatoms. The van der Waals surface area contributed by atoms with Crippen molar-refractivity contribution in [3.05, 3.63) is 71.0 Å². The van der Waals surface area contributed by atoms with Gasteiger partial charge in [0.1, 0.15) is 11.6 Å². The van der Waals surface area contributed by atoms with Gasteiger partial charge in [-0.3, -0.25) is 4.79 Å². The minimum Gasteiger partial charge on any atom is -0.351 e. The average Bonchev–Trinajstić information content (AvgIpc) is 2.53. The van der Waals surface area contributed by atoms with E-state index in [0.717, 1.165) is 24.3 Å². The number of benzene rings is 2. The molecule has 0 saturated carbocycles. The van der Waals surface area contributed by atoms with Crippen LogP contribution in [0.2, 0.25) is 0 Å². The molecule has 0 spiro atoms. The maximum absolute atomic E-state index is 13.4. The summed E-state index contributed by atoms with van der Waals surface area (Å²) in [6.45, 7) is -0.165. The lowest BCUT2D eigenvalue weighted by molar-refractivity contribution is -0.137. The number of halogens is 4. The highest BCUT2D eigenvalue weighted by Crippen LogP contribution is 2.29. The van der Waals surface area contributed by atoms with Gasteiger partial charge in [0, 0.05) is 12.1 Å². The molecule has 4 nitrogen and oxygen atoms in total. The van der Waals surface area contributed by atoms with Crippen LogP contribution in [-0.4, -0.2) is 20.1 Å². The summed E-state index contributed by atoms with van der Waals surface area (Å²) in [6.07, 6.45) is -4.51. The Labute approximate surface area is 147 Å². The van der Waals surface area contributed by atoms with Crippen LogP contribution in [0.1, 0.15) is 16.7 Å². The number of hydrogen-bond acceptors (Lipinski definition) is 3. The zero-order valence-corrected chi connectivity index (χ0v) is 14.2. The summed E-state index contributed by atoms with van der Waals surface area (Å²) >= 11 is 0. The van der Waals surface area contributed by atoms with Crippen LogP contribution in [0.4, 0.5) is 17.6 Å². The van der Waals surface area contributed by atoms with Crippen molar-refractivity contribution >= 4 is 15.7 Å². The number of sulfone groups is 1. The van der Waals surface area contributed by atoms with Crippen molar-refractivity contribution in [2.24, 2.45) is 0 Å². The lowest BCUT2D eigenvalue weighted by atomic mass is 10.1. The molecule has 0 bridgehead atoms. The van der Waals surface area contributed by atoms with Gasteiger partial charge in [-0.15, -0.1) is 0 Å². The molecule has 0 atom stereocenters. The molecule has 0 unspecified atom stereocenters. The van der Waals surface area contributed by atoms with Crippen molar-refractivity contribution in [1.29, 1.82) is 0 Å². The molecule has 0 radical (unpaired) electrons. The smallest absolute Gasteiger partial charge is 0.351 e. The van der Waals surface area contributed by atoms with Crippen LogP contribution in [0.25, 0.3) is 0 Å². The Bertz CT molecular complexity index is 878. The van der Waals surface area contributed by atoms with Crippen molar-refractivity contribution in [3.8, 4) is 0 Å². The number of carbonyl (C=O) groups excluding carboxylic acids is 1. The molecule has 2 aromatic carbocycles. The monoisotopic (exact) mass is 389 g/mol. The third-order valence-corrected chi connectivity index (χ3v) is 4.93. The van der Waals surface area contributed by atoms with E-state index in [4.69, 9.17) is 0 Å². The molecule has 0 aliphatic carbocycles. The van der Waals surface area contributed by atoms with Crippen LogP contribution in [0, 0.1) is 5.82 Å². The SMILES string of the molecule is O=C(CS(=O)(=O)Cc1ccc(C(F)(F)F)cc1)NCc1ccccc1F. The van der Waals surface area contributed by atoms with Crippen molar-refractivity contribution < 1.29 is 30.8 Å². The standard InChI is InChI=1S/C17H15F4NO3S/c18-15-4-2-1-3-13(15)9-22-16(23)11-26(24,25)10-12-5-7-14(8-6-12)17(19,20)21/h1-8H,9-11H2,(H,22,23). The van der Waals surface area contributed by atoms with Gasteiger partial charge in [0.05, 0.1) is 11.3 Å². The lowest BCUT2D eigenvalue weighted by Crippen LogP contribution is -2.30. The number of rotatable bonds is 6. The summed E-state index contributed by atoms with van der Waals surface area (Å²) in [5, 5.41) is 2.30. The molecule has 0 aromatic heterocycles.